The summed E-state index contributed by atoms with van der Waals surface area (Å²) in [6, 6.07) is 2.61. The van der Waals surface area contributed by atoms with Gasteiger partial charge in [-0.15, -0.1) is 0 Å². The first-order valence-electron chi connectivity index (χ1n) is 4.93. The summed E-state index contributed by atoms with van der Waals surface area (Å²) in [6.45, 7) is 5.63. The van der Waals surface area contributed by atoms with Crippen LogP contribution in [0.3, 0.4) is 0 Å². The lowest BCUT2D eigenvalue weighted by molar-refractivity contribution is 0.141. The Bertz CT molecular complexity index is 381. The van der Waals surface area contributed by atoms with Gasteiger partial charge in [0.25, 0.3) is 6.43 Å². The fraction of sp³-hybridized carbons (Fsp3) is 0.500. The number of hydrogen-bond donors (Lipinski definition) is 0. The van der Waals surface area contributed by atoms with Gasteiger partial charge in [0.15, 0.2) is 0 Å². The van der Waals surface area contributed by atoms with Crippen molar-refractivity contribution in [3.63, 3.8) is 0 Å². The molecular formula is C12H15F3O. The van der Waals surface area contributed by atoms with E-state index in [-0.39, 0.29) is 11.2 Å². The Hall–Kier alpha value is -1.19. The molecule has 0 aliphatic rings. The summed E-state index contributed by atoms with van der Waals surface area (Å²) >= 11 is 0. The van der Waals surface area contributed by atoms with E-state index in [1.807, 2.05) is 20.8 Å². The molecule has 0 radical (unpaired) electrons. The van der Waals surface area contributed by atoms with Gasteiger partial charge in [0.05, 0.1) is 12.7 Å². The quantitative estimate of drug-likeness (QED) is 0.746. The topological polar surface area (TPSA) is 9.23 Å². The molecule has 1 nitrogen and oxygen atoms in total. The van der Waals surface area contributed by atoms with Crippen molar-refractivity contribution in [3.8, 4) is 5.75 Å². The van der Waals surface area contributed by atoms with Gasteiger partial charge in [-0.05, 0) is 23.1 Å². The van der Waals surface area contributed by atoms with E-state index in [4.69, 9.17) is 4.74 Å². The van der Waals surface area contributed by atoms with E-state index in [1.165, 1.54) is 13.2 Å². The molecule has 0 bridgehead atoms. The molecule has 16 heavy (non-hydrogen) atoms. The number of benzene rings is 1. The van der Waals surface area contributed by atoms with Crippen molar-refractivity contribution in [1.29, 1.82) is 0 Å². The maximum absolute atomic E-state index is 13.5. The normalized spacial score (nSPS) is 12.0. The van der Waals surface area contributed by atoms with Gasteiger partial charge in [-0.25, -0.2) is 13.2 Å². The Labute approximate surface area is 93.2 Å². The third-order valence-electron chi connectivity index (χ3n) is 2.40. The third kappa shape index (κ3) is 2.49. The highest BCUT2D eigenvalue weighted by Crippen LogP contribution is 2.35. The van der Waals surface area contributed by atoms with Crippen LogP contribution >= 0.6 is 0 Å². The summed E-state index contributed by atoms with van der Waals surface area (Å²) in [5.74, 6) is -1.01. The molecule has 90 valence electrons. The zero-order chi connectivity index (χ0) is 12.5. The second-order valence-corrected chi connectivity index (χ2v) is 4.62. The van der Waals surface area contributed by atoms with Gasteiger partial charge in [0, 0.05) is 0 Å². The molecule has 0 aliphatic heterocycles. The van der Waals surface area contributed by atoms with E-state index in [9.17, 15) is 13.2 Å². The second kappa shape index (κ2) is 4.36. The Kier molecular flexibility index (Phi) is 3.51. The first-order chi connectivity index (χ1) is 7.27. The van der Waals surface area contributed by atoms with Crippen LogP contribution in [-0.2, 0) is 5.41 Å². The summed E-state index contributed by atoms with van der Waals surface area (Å²) in [5, 5.41) is 0. The number of alkyl halides is 2. The highest BCUT2D eigenvalue weighted by Gasteiger charge is 2.24. The van der Waals surface area contributed by atoms with Crippen LogP contribution in [0.15, 0.2) is 12.1 Å². The second-order valence-electron chi connectivity index (χ2n) is 4.62. The van der Waals surface area contributed by atoms with Gasteiger partial charge < -0.3 is 4.74 Å². The predicted octanol–water partition coefficient (Wildman–Crippen LogP) is 4.07. The van der Waals surface area contributed by atoms with Crippen LogP contribution in [0.2, 0.25) is 0 Å². The van der Waals surface area contributed by atoms with E-state index in [0.717, 1.165) is 6.07 Å². The van der Waals surface area contributed by atoms with Crippen LogP contribution < -0.4 is 4.74 Å². The van der Waals surface area contributed by atoms with Gasteiger partial charge in [-0.1, -0.05) is 20.8 Å². The summed E-state index contributed by atoms with van der Waals surface area (Å²) in [6.07, 6.45) is -2.87. The SMILES string of the molecule is COc1cc(C(C)(C)C)cc(F)c1C(F)F. The van der Waals surface area contributed by atoms with Crippen LogP contribution in [0.5, 0.6) is 5.75 Å². The molecule has 0 atom stereocenters. The average molecular weight is 232 g/mol. The molecule has 0 fully saturated rings. The summed E-state index contributed by atoms with van der Waals surface area (Å²) in [7, 11) is 1.26. The molecule has 0 saturated heterocycles. The Morgan fingerprint density at radius 1 is 1.19 bits per heavy atom. The van der Waals surface area contributed by atoms with Crippen LogP contribution in [-0.4, -0.2) is 7.11 Å². The smallest absolute Gasteiger partial charge is 0.270 e. The fourth-order valence-corrected chi connectivity index (χ4v) is 1.41. The number of ether oxygens (including phenoxy) is 1. The number of hydrogen-bond acceptors (Lipinski definition) is 1. The minimum atomic E-state index is -2.87. The van der Waals surface area contributed by atoms with Crippen LogP contribution in [0, 0.1) is 5.82 Å². The molecule has 0 aliphatic carbocycles. The summed E-state index contributed by atoms with van der Waals surface area (Å²) < 4.78 is 43.5. The van der Waals surface area contributed by atoms with Crippen LogP contribution in [0.4, 0.5) is 13.2 Å². The Morgan fingerprint density at radius 3 is 2.12 bits per heavy atom. The van der Waals surface area contributed by atoms with Gasteiger partial charge in [0.2, 0.25) is 0 Å². The number of methoxy groups -OCH3 is 1. The molecule has 0 N–H and O–H groups in total. The first-order valence-corrected chi connectivity index (χ1v) is 4.93. The molecule has 1 aromatic carbocycles. The number of rotatable bonds is 2. The highest BCUT2D eigenvalue weighted by molar-refractivity contribution is 5.41. The molecule has 1 aromatic rings. The first kappa shape index (κ1) is 12.9. The molecule has 0 aromatic heterocycles. The molecule has 4 heteroatoms. The standard InChI is InChI=1S/C12H15F3O/c1-12(2,3)7-5-8(13)10(11(14)15)9(6-7)16-4/h5-6,11H,1-4H3. The van der Waals surface area contributed by atoms with E-state index in [1.54, 1.807) is 0 Å². The van der Waals surface area contributed by atoms with E-state index in [0.29, 0.717) is 5.56 Å². The zero-order valence-corrected chi connectivity index (χ0v) is 9.77. The molecule has 0 saturated carbocycles. The summed E-state index contributed by atoms with van der Waals surface area (Å²) in [5.41, 5.74) is -0.351. The van der Waals surface area contributed by atoms with Crippen LogP contribution in [0.1, 0.15) is 38.3 Å². The largest absolute Gasteiger partial charge is 0.496 e. The fourth-order valence-electron chi connectivity index (χ4n) is 1.41. The van der Waals surface area contributed by atoms with Crippen molar-refractivity contribution in [3.05, 3.63) is 29.1 Å². The lowest BCUT2D eigenvalue weighted by Crippen LogP contribution is -2.12. The minimum absolute atomic E-state index is 0.0973. The zero-order valence-electron chi connectivity index (χ0n) is 9.77. The average Bonchev–Trinajstić information content (AvgIpc) is 2.14. The Balaban J connectivity index is 3.38. The number of halogens is 3. The molecule has 0 unspecified atom stereocenters. The van der Waals surface area contributed by atoms with Crippen molar-refractivity contribution >= 4 is 0 Å². The molecular weight excluding hydrogens is 217 g/mol. The molecule has 0 spiro atoms. The lowest BCUT2D eigenvalue weighted by atomic mass is 9.86. The molecule has 0 heterocycles. The maximum atomic E-state index is 13.5. The minimum Gasteiger partial charge on any atom is -0.496 e. The van der Waals surface area contributed by atoms with Gasteiger partial charge >= 0.3 is 0 Å². The van der Waals surface area contributed by atoms with E-state index < -0.39 is 17.8 Å². The van der Waals surface area contributed by atoms with Crippen molar-refractivity contribution in [2.75, 3.05) is 7.11 Å². The Morgan fingerprint density at radius 2 is 1.75 bits per heavy atom. The van der Waals surface area contributed by atoms with Gasteiger partial charge in [0.1, 0.15) is 11.6 Å². The van der Waals surface area contributed by atoms with Crippen molar-refractivity contribution in [2.24, 2.45) is 0 Å². The van der Waals surface area contributed by atoms with Crippen LogP contribution in [0.25, 0.3) is 0 Å². The van der Waals surface area contributed by atoms with Gasteiger partial charge in [-0.2, -0.15) is 0 Å². The van der Waals surface area contributed by atoms with E-state index >= 15 is 0 Å². The van der Waals surface area contributed by atoms with E-state index in [2.05, 4.69) is 0 Å². The molecule has 1 rings (SSSR count). The summed E-state index contributed by atoms with van der Waals surface area (Å²) in [4.78, 5) is 0. The lowest BCUT2D eigenvalue weighted by Gasteiger charge is -2.21. The van der Waals surface area contributed by atoms with Gasteiger partial charge in [-0.3, -0.25) is 0 Å². The predicted molar refractivity (Wildman–Crippen MR) is 56.6 cm³/mol. The van der Waals surface area contributed by atoms with Crippen molar-refractivity contribution in [1.82, 2.24) is 0 Å². The third-order valence-corrected chi connectivity index (χ3v) is 2.40. The molecule has 0 amide bonds. The van der Waals surface area contributed by atoms with Crippen molar-refractivity contribution < 1.29 is 17.9 Å². The highest BCUT2D eigenvalue weighted by atomic mass is 19.3. The monoisotopic (exact) mass is 232 g/mol. The maximum Gasteiger partial charge on any atom is 0.270 e. The van der Waals surface area contributed by atoms with Crippen molar-refractivity contribution in [2.45, 2.75) is 32.6 Å².